The lowest BCUT2D eigenvalue weighted by atomic mass is 10.0. The Morgan fingerprint density at radius 3 is 2.73 bits per heavy atom. The van der Waals surface area contributed by atoms with Crippen molar-refractivity contribution in [3.63, 3.8) is 0 Å². The fraction of sp³-hybridized carbons (Fsp3) is 0.400. The summed E-state index contributed by atoms with van der Waals surface area (Å²) >= 11 is 2.86. The number of benzene rings is 1. The Morgan fingerprint density at radius 2 is 2.09 bits per heavy atom. The van der Waals surface area contributed by atoms with Crippen LogP contribution in [0.1, 0.15) is 31.4 Å². The van der Waals surface area contributed by atoms with Crippen molar-refractivity contribution in [1.82, 2.24) is 15.5 Å². The van der Waals surface area contributed by atoms with Crippen molar-refractivity contribution in [1.29, 1.82) is 0 Å². The maximum Gasteiger partial charge on any atom is 0.230 e. The molecule has 1 heterocycles. The molecule has 1 aromatic carbocycles. The summed E-state index contributed by atoms with van der Waals surface area (Å²) in [4.78, 5) is 12.2. The third kappa shape index (κ3) is 4.99. The first-order valence-electron chi connectivity index (χ1n) is 7.21. The molecule has 7 heteroatoms. The number of carbonyl (C=O) groups is 1. The van der Waals surface area contributed by atoms with Crippen LogP contribution >= 0.6 is 23.1 Å². The smallest absolute Gasteiger partial charge is 0.230 e. The van der Waals surface area contributed by atoms with Crippen LogP contribution in [0, 0.1) is 0 Å². The Balaban J connectivity index is 1.88. The molecule has 0 aliphatic carbocycles. The Hall–Kier alpha value is -1.60. The van der Waals surface area contributed by atoms with Gasteiger partial charge in [0.25, 0.3) is 0 Å². The van der Waals surface area contributed by atoms with Crippen molar-refractivity contribution in [2.75, 3.05) is 18.1 Å². The van der Waals surface area contributed by atoms with Crippen molar-refractivity contribution >= 4 is 34.1 Å². The van der Waals surface area contributed by atoms with Crippen LogP contribution in [0.5, 0.6) is 0 Å². The van der Waals surface area contributed by atoms with Crippen LogP contribution in [0.25, 0.3) is 0 Å². The van der Waals surface area contributed by atoms with E-state index in [1.807, 2.05) is 18.2 Å². The van der Waals surface area contributed by atoms with E-state index < -0.39 is 0 Å². The van der Waals surface area contributed by atoms with Gasteiger partial charge in [-0.1, -0.05) is 66.8 Å². The summed E-state index contributed by atoms with van der Waals surface area (Å²) in [5, 5.41) is 14.8. The molecule has 1 aromatic heterocycles. The number of hydrogen-bond donors (Lipinski definition) is 2. The number of carbonyl (C=O) groups excluding carboxylic acids is 1. The van der Waals surface area contributed by atoms with E-state index in [0.29, 0.717) is 5.75 Å². The normalized spacial score (nSPS) is 11.9. The highest BCUT2D eigenvalue weighted by Gasteiger charge is 2.14. The van der Waals surface area contributed by atoms with Crippen LogP contribution in [0.4, 0.5) is 5.13 Å². The lowest BCUT2D eigenvalue weighted by molar-refractivity contribution is -0.119. The molecule has 0 bridgehead atoms. The first-order valence-corrected chi connectivity index (χ1v) is 9.01. The van der Waals surface area contributed by atoms with E-state index in [1.165, 1.54) is 23.1 Å². The minimum Gasteiger partial charge on any atom is -0.363 e. The van der Waals surface area contributed by atoms with E-state index in [2.05, 4.69) is 39.9 Å². The average Bonchev–Trinajstić information content (AvgIpc) is 3.01. The molecule has 2 rings (SSSR count). The van der Waals surface area contributed by atoms with E-state index in [4.69, 9.17) is 0 Å². The van der Waals surface area contributed by atoms with Gasteiger partial charge in [-0.3, -0.25) is 4.79 Å². The van der Waals surface area contributed by atoms with E-state index in [-0.39, 0.29) is 11.9 Å². The molecule has 0 saturated heterocycles. The van der Waals surface area contributed by atoms with Crippen molar-refractivity contribution in [2.24, 2.45) is 0 Å². The number of nitrogens with zero attached hydrogens (tertiary/aromatic N) is 2. The van der Waals surface area contributed by atoms with Crippen molar-refractivity contribution in [2.45, 2.75) is 30.1 Å². The molecular formula is C15H20N4OS2. The number of aromatic nitrogens is 2. The first kappa shape index (κ1) is 16.8. The van der Waals surface area contributed by atoms with Crippen LogP contribution in [0.3, 0.4) is 0 Å². The minimum atomic E-state index is 0.0218. The highest BCUT2D eigenvalue weighted by molar-refractivity contribution is 8.01. The number of rotatable bonds is 8. The third-order valence-electron chi connectivity index (χ3n) is 3.06. The summed E-state index contributed by atoms with van der Waals surface area (Å²) in [6, 6.07) is 10.2. The van der Waals surface area contributed by atoms with E-state index in [1.54, 1.807) is 7.05 Å². The molecule has 1 amide bonds. The zero-order valence-electron chi connectivity index (χ0n) is 12.7. The monoisotopic (exact) mass is 336 g/mol. The minimum absolute atomic E-state index is 0.0218. The molecule has 1 atom stereocenters. The van der Waals surface area contributed by atoms with E-state index >= 15 is 0 Å². The van der Waals surface area contributed by atoms with E-state index in [9.17, 15) is 4.79 Å². The second-order valence-electron chi connectivity index (χ2n) is 4.73. The van der Waals surface area contributed by atoms with Crippen molar-refractivity contribution in [3.8, 4) is 0 Å². The third-order valence-corrected chi connectivity index (χ3v) is 5.14. The van der Waals surface area contributed by atoms with Gasteiger partial charge < -0.3 is 10.6 Å². The fourth-order valence-electron chi connectivity index (χ4n) is 2.03. The molecule has 0 saturated carbocycles. The molecule has 0 radical (unpaired) electrons. The number of anilines is 1. The number of amides is 1. The molecule has 2 N–H and O–H groups in total. The maximum atomic E-state index is 12.2. The topological polar surface area (TPSA) is 66.9 Å². The van der Waals surface area contributed by atoms with Crippen molar-refractivity contribution < 1.29 is 4.79 Å². The van der Waals surface area contributed by atoms with Gasteiger partial charge in [0, 0.05) is 7.05 Å². The molecule has 0 fully saturated rings. The van der Waals surface area contributed by atoms with Crippen LogP contribution in [0.15, 0.2) is 34.7 Å². The summed E-state index contributed by atoms with van der Waals surface area (Å²) < 4.78 is 0.797. The average molecular weight is 336 g/mol. The van der Waals surface area contributed by atoms with Crippen LogP contribution in [-0.4, -0.2) is 28.9 Å². The summed E-state index contributed by atoms with van der Waals surface area (Å²) in [7, 11) is 1.80. The second-order valence-corrected chi connectivity index (χ2v) is 6.93. The molecule has 22 heavy (non-hydrogen) atoms. The molecule has 0 aliphatic rings. The first-order chi connectivity index (χ1) is 10.7. The van der Waals surface area contributed by atoms with Gasteiger partial charge in [0.15, 0.2) is 4.34 Å². The van der Waals surface area contributed by atoms with Crippen LogP contribution in [0.2, 0.25) is 0 Å². The standard InChI is InChI=1S/C15H20N4OS2/c1-3-7-12(11-8-5-4-6-9-11)17-13(20)10-21-15-19-18-14(16-2)22-15/h4-6,8-9,12H,3,7,10H2,1-2H3,(H,16,18)(H,17,20)/t12-/m1/s1. The summed E-state index contributed by atoms with van der Waals surface area (Å²) in [5.41, 5.74) is 1.15. The van der Waals surface area contributed by atoms with Crippen LogP contribution < -0.4 is 10.6 Å². The summed E-state index contributed by atoms with van der Waals surface area (Å²) in [6.45, 7) is 2.12. The zero-order chi connectivity index (χ0) is 15.8. The van der Waals surface area contributed by atoms with Crippen molar-refractivity contribution in [3.05, 3.63) is 35.9 Å². The molecule has 0 spiro atoms. The number of thioether (sulfide) groups is 1. The summed E-state index contributed by atoms with van der Waals surface area (Å²) in [5.74, 6) is 0.374. The lowest BCUT2D eigenvalue weighted by Crippen LogP contribution is -2.29. The van der Waals surface area contributed by atoms with Gasteiger partial charge in [-0.15, -0.1) is 10.2 Å². The zero-order valence-corrected chi connectivity index (χ0v) is 14.3. The Kier molecular flexibility index (Phi) is 6.67. The van der Waals surface area contributed by atoms with Gasteiger partial charge in [0.2, 0.25) is 11.0 Å². The van der Waals surface area contributed by atoms with Gasteiger partial charge >= 0.3 is 0 Å². The number of hydrogen-bond acceptors (Lipinski definition) is 6. The van der Waals surface area contributed by atoms with Gasteiger partial charge in [-0.2, -0.15) is 0 Å². The molecule has 0 aliphatic heterocycles. The quantitative estimate of drug-likeness (QED) is 0.724. The molecule has 118 valence electrons. The Labute approximate surface area is 138 Å². The lowest BCUT2D eigenvalue weighted by Gasteiger charge is -2.18. The molecule has 5 nitrogen and oxygen atoms in total. The second kappa shape index (κ2) is 8.75. The maximum absolute atomic E-state index is 12.2. The fourth-order valence-corrected chi connectivity index (χ4v) is 3.55. The van der Waals surface area contributed by atoms with E-state index in [0.717, 1.165) is 27.9 Å². The highest BCUT2D eigenvalue weighted by atomic mass is 32.2. The number of nitrogens with one attached hydrogen (secondary N) is 2. The van der Waals surface area contributed by atoms with Crippen LogP contribution in [-0.2, 0) is 4.79 Å². The molecular weight excluding hydrogens is 316 g/mol. The Bertz CT molecular complexity index is 588. The Morgan fingerprint density at radius 1 is 1.32 bits per heavy atom. The predicted molar refractivity (Wildman–Crippen MR) is 92.4 cm³/mol. The highest BCUT2D eigenvalue weighted by Crippen LogP contribution is 2.25. The molecule has 2 aromatic rings. The van der Waals surface area contributed by atoms with Gasteiger partial charge in [0.1, 0.15) is 0 Å². The summed E-state index contributed by atoms with van der Waals surface area (Å²) in [6.07, 6.45) is 1.96. The molecule has 0 unspecified atom stereocenters. The van der Waals surface area contributed by atoms with Gasteiger partial charge in [-0.25, -0.2) is 0 Å². The SMILES string of the molecule is CCC[C@@H](NC(=O)CSc1nnc(NC)s1)c1ccccc1. The largest absolute Gasteiger partial charge is 0.363 e. The van der Waals surface area contributed by atoms with Gasteiger partial charge in [0.05, 0.1) is 11.8 Å². The van der Waals surface area contributed by atoms with Gasteiger partial charge in [-0.05, 0) is 12.0 Å². The predicted octanol–water partition coefficient (Wildman–Crippen LogP) is 3.33.